The van der Waals surface area contributed by atoms with Crippen LogP contribution in [0.4, 0.5) is 5.69 Å². The van der Waals surface area contributed by atoms with E-state index in [4.69, 9.17) is 4.74 Å². The molecular formula is C25H28N4O4. The van der Waals surface area contributed by atoms with E-state index in [2.05, 4.69) is 15.6 Å². The van der Waals surface area contributed by atoms with Crippen molar-refractivity contribution in [2.45, 2.75) is 45.6 Å². The summed E-state index contributed by atoms with van der Waals surface area (Å²) in [4.78, 5) is 42.1. The van der Waals surface area contributed by atoms with Gasteiger partial charge in [0, 0.05) is 25.2 Å². The van der Waals surface area contributed by atoms with E-state index >= 15 is 0 Å². The van der Waals surface area contributed by atoms with Gasteiger partial charge in [0.25, 0.3) is 5.56 Å². The van der Waals surface area contributed by atoms with Gasteiger partial charge >= 0.3 is 11.8 Å². The van der Waals surface area contributed by atoms with Crippen molar-refractivity contribution >= 4 is 28.4 Å². The number of amides is 2. The lowest BCUT2D eigenvalue weighted by Gasteiger charge is -2.11. The summed E-state index contributed by atoms with van der Waals surface area (Å²) < 4.78 is 7.14. The lowest BCUT2D eigenvalue weighted by atomic mass is 10.1. The molecule has 1 aliphatic heterocycles. The quantitative estimate of drug-likeness (QED) is 0.565. The van der Waals surface area contributed by atoms with Gasteiger partial charge in [0.15, 0.2) is 0 Å². The van der Waals surface area contributed by atoms with Crippen LogP contribution in [0.1, 0.15) is 37.6 Å². The highest BCUT2D eigenvalue weighted by Gasteiger charge is 2.16. The third-order valence-corrected chi connectivity index (χ3v) is 5.71. The first-order valence-corrected chi connectivity index (χ1v) is 11.4. The second-order valence-electron chi connectivity index (χ2n) is 8.06. The lowest BCUT2D eigenvalue weighted by Crippen LogP contribution is -2.36. The van der Waals surface area contributed by atoms with Gasteiger partial charge in [-0.3, -0.25) is 19.0 Å². The molecule has 2 amide bonds. The third kappa shape index (κ3) is 5.39. The van der Waals surface area contributed by atoms with Crippen LogP contribution in [0.15, 0.2) is 47.3 Å². The van der Waals surface area contributed by atoms with E-state index in [1.807, 2.05) is 31.2 Å². The normalized spacial score (nSPS) is 13.1. The van der Waals surface area contributed by atoms with Gasteiger partial charge in [0.2, 0.25) is 0 Å². The van der Waals surface area contributed by atoms with Crippen LogP contribution in [0.25, 0.3) is 10.9 Å². The smallest absolute Gasteiger partial charge is 0.313 e. The Bertz CT molecular complexity index is 1220. The number of rotatable bonds is 6. The minimum absolute atomic E-state index is 0.104. The number of aryl methyl sites for hydroxylation is 1. The number of fused-ring (bicyclic) bond motifs is 2. The standard InChI is InChI=1S/C25H28N4O4/c1-2-33-19-10-7-17(8-11-19)13-14-26-23(30)24(31)27-18-9-12-21-20(16-18)25(32)29-15-5-3-4-6-22(29)28-21/h7-12,16H,2-6,13-15H2,1H3,(H,26,30)(H,27,31). The Kier molecular flexibility index (Phi) is 7.02. The molecule has 0 aliphatic carbocycles. The Labute approximate surface area is 192 Å². The lowest BCUT2D eigenvalue weighted by molar-refractivity contribution is -0.136. The Balaban J connectivity index is 1.37. The molecule has 3 aromatic rings. The highest BCUT2D eigenvalue weighted by molar-refractivity contribution is 6.39. The molecule has 0 fully saturated rings. The van der Waals surface area contributed by atoms with Gasteiger partial charge in [-0.15, -0.1) is 0 Å². The van der Waals surface area contributed by atoms with Crippen LogP contribution in [0.3, 0.4) is 0 Å². The molecule has 0 saturated carbocycles. The average molecular weight is 449 g/mol. The molecule has 2 aromatic carbocycles. The fourth-order valence-corrected chi connectivity index (χ4v) is 4.00. The number of nitrogens with one attached hydrogen (secondary N) is 2. The predicted octanol–water partition coefficient (Wildman–Crippen LogP) is 2.82. The first-order chi connectivity index (χ1) is 16.0. The van der Waals surface area contributed by atoms with Crippen LogP contribution in [-0.2, 0) is 29.0 Å². The minimum Gasteiger partial charge on any atom is -0.494 e. The van der Waals surface area contributed by atoms with E-state index in [9.17, 15) is 14.4 Å². The van der Waals surface area contributed by atoms with Crippen molar-refractivity contribution in [3.8, 4) is 5.75 Å². The SMILES string of the molecule is CCOc1ccc(CCNC(=O)C(=O)Nc2ccc3nc4n(c(=O)c3c2)CCCCC4)cc1. The van der Waals surface area contributed by atoms with Crippen molar-refractivity contribution < 1.29 is 14.3 Å². The molecule has 8 heteroatoms. The largest absolute Gasteiger partial charge is 0.494 e. The summed E-state index contributed by atoms with van der Waals surface area (Å²) in [7, 11) is 0. The molecule has 172 valence electrons. The Morgan fingerprint density at radius 1 is 1.06 bits per heavy atom. The van der Waals surface area contributed by atoms with Crippen LogP contribution in [0, 0.1) is 0 Å². The summed E-state index contributed by atoms with van der Waals surface area (Å²) in [5.41, 5.74) is 1.92. The summed E-state index contributed by atoms with van der Waals surface area (Å²) in [6.07, 6.45) is 4.44. The highest BCUT2D eigenvalue weighted by Crippen LogP contribution is 2.18. The van der Waals surface area contributed by atoms with Crippen LogP contribution >= 0.6 is 0 Å². The number of aromatic nitrogens is 2. The Morgan fingerprint density at radius 2 is 1.88 bits per heavy atom. The van der Waals surface area contributed by atoms with Crippen LogP contribution in [-0.4, -0.2) is 34.5 Å². The molecule has 0 radical (unpaired) electrons. The second-order valence-corrected chi connectivity index (χ2v) is 8.06. The number of hydrogen-bond donors (Lipinski definition) is 2. The summed E-state index contributed by atoms with van der Waals surface area (Å²) in [5.74, 6) is 0.112. The molecule has 1 aliphatic rings. The number of carbonyl (C=O) groups excluding carboxylic acids is 2. The van der Waals surface area contributed by atoms with Crippen molar-refractivity contribution in [3.05, 3.63) is 64.2 Å². The van der Waals surface area contributed by atoms with Crippen molar-refractivity contribution in [3.63, 3.8) is 0 Å². The molecular weight excluding hydrogens is 420 g/mol. The maximum absolute atomic E-state index is 13.0. The Morgan fingerprint density at radius 3 is 2.67 bits per heavy atom. The first kappa shape index (κ1) is 22.5. The van der Waals surface area contributed by atoms with E-state index in [1.54, 1.807) is 22.8 Å². The molecule has 0 atom stereocenters. The van der Waals surface area contributed by atoms with E-state index < -0.39 is 11.8 Å². The zero-order valence-electron chi connectivity index (χ0n) is 18.7. The molecule has 33 heavy (non-hydrogen) atoms. The molecule has 0 unspecified atom stereocenters. The van der Waals surface area contributed by atoms with Crippen molar-refractivity contribution in [1.29, 1.82) is 0 Å². The molecule has 1 aromatic heterocycles. The molecule has 0 bridgehead atoms. The summed E-state index contributed by atoms with van der Waals surface area (Å²) >= 11 is 0. The van der Waals surface area contributed by atoms with Crippen LogP contribution in [0.2, 0.25) is 0 Å². The van der Waals surface area contributed by atoms with Gasteiger partial charge in [-0.05, 0) is 62.1 Å². The van der Waals surface area contributed by atoms with Gasteiger partial charge < -0.3 is 15.4 Å². The summed E-state index contributed by atoms with van der Waals surface area (Å²) in [5, 5.41) is 5.65. The van der Waals surface area contributed by atoms with Gasteiger partial charge in [0.1, 0.15) is 11.6 Å². The molecule has 0 spiro atoms. The topological polar surface area (TPSA) is 102 Å². The minimum atomic E-state index is -0.774. The highest BCUT2D eigenvalue weighted by atomic mass is 16.5. The van der Waals surface area contributed by atoms with Crippen LogP contribution in [0.5, 0.6) is 5.75 Å². The van der Waals surface area contributed by atoms with Gasteiger partial charge in [-0.25, -0.2) is 4.98 Å². The van der Waals surface area contributed by atoms with E-state index in [0.29, 0.717) is 42.7 Å². The fourth-order valence-electron chi connectivity index (χ4n) is 4.00. The van der Waals surface area contributed by atoms with Crippen molar-refractivity contribution in [1.82, 2.24) is 14.9 Å². The van der Waals surface area contributed by atoms with E-state index in [-0.39, 0.29) is 5.56 Å². The van der Waals surface area contributed by atoms with Crippen molar-refractivity contribution in [2.75, 3.05) is 18.5 Å². The fraction of sp³-hybridized carbons (Fsp3) is 0.360. The van der Waals surface area contributed by atoms with E-state index in [1.165, 1.54) is 0 Å². The molecule has 0 saturated heterocycles. The van der Waals surface area contributed by atoms with Gasteiger partial charge in [0.05, 0.1) is 17.5 Å². The Hall–Kier alpha value is -3.68. The molecule has 2 N–H and O–H groups in total. The molecule has 2 heterocycles. The van der Waals surface area contributed by atoms with Crippen molar-refractivity contribution in [2.24, 2.45) is 0 Å². The number of carbonyl (C=O) groups is 2. The molecule has 4 rings (SSSR count). The second kappa shape index (κ2) is 10.3. The van der Waals surface area contributed by atoms with E-state index in [0.717, 1.165) is 42.8 Å². The average Bonchev–Trinajstić information content (AvgIpc) is 3.06. The summed E-state index contributed by atoms with van der Waals surface area (Å²) in [6.45, 7) is 3.52. The number of hydrogen-bond acceptors (Lipinski definition) is 5. The number of nitrogens with zero attached hydrogens (tertiary/aromatic N) is 2. The van der Waals surface area contributed by atoms with Gasteiger partial charge in [-0.1, -0.05) is 18.6 Å². The number of anilines is 1. The maximum atomic E-state index is 13.0. The van der Waals surface area contributed by atoms with Crippen LogP contribution < -0.4 is 20.9 Å². The monoisotopic (exact) mass is 448 g/mol. The maximum Gasteiger partial charge on any atom is 0.313 e. The predicted molar refractivity (Wildman–Crippen MR) is 127 cm³/mol. The number of ether oxygens (including phenoxy) is 1. The number of benzene rings is 2. The van der Waals surface area contributed by atoms with Gasteiger partial charge in [-0.2, -0.15) is 0 Å². The zero-order valence-corrected chi connectivity index (χ0v) is 18.7. The first-order valence-electron chi connectivity index (χ1n) is 11.4. The third-order valence-electron chi connectivity index (χ3n) is 5.71. The zero-order chi connectivity index (χ0) is 23.2. The summed E-state index contributed by atoms with van der Waals surface area (Å²) in [6, 6.07) is 12.6. The molecule has 8 nitrogen and oxygen atoms in total.